The maximum atomic E-state index is 12.6. The summed E-state index contributed by atoms with van der Waals surface area (Å²) in [7, 11) is 1.53. The van der Waals surface area contributed by atoms with Crippen LogP contribution in [0.4, 0.5) is 13.2 Å². The first-order valence-corrected chi connectivity index (χ1v) is 7.80. The minimum Gasteiger partial charge on any atom is -0.496 e. The summed E-state index contributed by atoms with van der Waals surface area (Å²) in [4.78, 5) is 18.9. The highest BCUT2D eigenvalue weighted by Crippen LogP contribution is 2.28. The van der Waals surface area contributed by atoms with Crippen LogP contribution in [0.2, 0.25) is 0 Å². The molecule has 24 heavy (non-hydrogen) atoms. The Morgan fingerprint density at radius 1 is 1.29 bits per heavy atom. The summed E-state index contributed by atoms with van der Waals surface area (Å²) in [6.45, 7) is 0.257. The van der Waals surface area contributed by atoms with Crippen molar-refractivity contribution in [1.82, 2.24) is 15.3 Å². The van der Waals surface area contributed by atoms with Gasteiger partial charge in [0.05, 0.1) is 12.9 Å². The lowest BCUT2D eigenvalue weighted by Crippen LogP contribution is -2.25. The number of benzene rings is 1. The number of amides is 1. The van der Waals surface area contributed by atoms with E-state index in [0.717, 1.165) is 29.6 Å². The van der Waals surface area contributed by atoms with Gasteiger partial charge in [-0.05, 0) is 12.1 Å². The summed E-state index contributed by atoms with van der Waals surface area (Å²) in [5, 5.41) is 2.57. The number of nitrogens with zero attached hydrogens (tertiary/aromatic N) is 2. The topological polar surface area (TPSA) is 64.1 Å². The highest BCUT2D eigenvalue weighted by molar-refractivity contribution is 7.99. The van der Waals surface area contributed by atoms with E-state index in [9.17, 15) is 18.0 Å². The van der Waals surface area contributed by atoms with Crippen molar-refractivity contribution >= 4 is 17.7 Å². The standard InChI is InChI=1S/C15H14F3N3O2S/c1-23-11-5-3-2-4-10(11)8-20-13(22)9-24-14-19-7-6-12(21-14)15(16,17)18/h2-7H,8-9H2,1H3,(H,20,22). The summed E-state index contributed by atoms with van der Waals surface area (Å²) < 4.78 is 42.8. The highest BCUT2D eigenvalue weighted by atomic mass is 32.2. The maximum absolute atomic E-state index is 12.6. The Hall–Kier alpha value is -2.29. The first-order valence-electron chi connectivity index (χ1n) is 6.82. The first kappa shape index (κ1) is 18.1. The third kappa shape index (κ3) is 5.12. The molecule has 1 aromatic heterocycles. The molecule has 2 rings (SSSR count). The van der Waals surface area contributed by atoms with Gasteiger partial charge in [0.1, 0.15) is 11.4 Å². The zero-order chi connectivity index (χ0) is 17.6. The Morgan fingerprint density at radius 3 is 2.75 bits per heavy atom. The molecule has 0 aliphatic heterocycles. The number of hydrogen-bond acceptors (Lipinski definition) is 5. The molecule has 1 heterocycles. The summed E-state index contributed by atoms with van der Waals surface area (Å²) in [6, 6.07) is 7.99. The number of carbonyl (C=O) groups excluding carboxylic acids is 1. The number of alkyl halides is 3. The molecule has 0 unspecified atom stereocenters. The van der Waals surface area contributed by atoms with Crippen LogP contribution >= 0.6 is 11.8 Å². The summed E-state index contributed by atoms with van der Waals surface area (Å²) in [5.41, 5.74) is -0.233. The minimum atomic E-state index is -4.54. The number of para-hydroxylation sites is 1. The number of aromatic nitrogens is 2. The Labute approximate surface area is 140 Å². The average Bonchev–Trinajstić information content (AvgIpc) is 2.58. The molecule has 1 amide bonds. The maximum Gasteiger partial charge on any atom is 0.433 e. The number of ether oxygens (including phenoxy) is 1. The van der Waals surface area contributed by atoms with E-state index < -0.39 is 11.9 Å². The van der Waals surface area contributed by atoms with Crippen LogP contribution in [0.15, 0.2) is 41.7 Å². The van der Waals surface area contributed by atoms with Crippen molar-refractivity contribution in [3.63, 3.8) is 0 Å². The minimum absolute atomic E-state index is 0.0868. The number of nitrogens with one attached hydrogen (secondary N) is 1. The summed E-state index contributed by atoms with van der Waals surface area (Å²) >= 11 is 0.838. The summed E-state index contributed by atoms with van der Waals surface area (Å²) in [6.07, 6.45) is -3.52. The molecule has 0 fully saturated rings. The van der Waals surface area contributed by atoms with Crippen LogP contribution in [0.25, 0.3) is 0 Å². The van der Waals surface area contributed by atoms with Crippen LogP contribution in [-0.2, 0) is 17.5 Å². The molecule has 0 saturated heterocycles. The molecule has 2 aromatic rings. The van der Waals surface area contributed by atoms with E-state index in [0.29, 0.717) is 5.75 Å². The van der Waals surface area contributed by atoms with Crippen LogP contribution in [0.1, 0.15) is 11.3 Å². The second-order valence-electron chi connectivity index (χ2n) is 4.60. The van der Waals surface area contributed by atoms with Gasteiger partial charge in [-0.15, -0.1) is 0 Å². The molecule has 0 aliphatic carbocycles. The van der Waals surface area contributed by atoms with Crippen LogP contribution in [0, 0.1) is 0 Å². The van der Waals surface area contributed by atoms with Crippen LogP contribution in [-0.4, -0.2) is 28.7 Å². The third-order valence-electron chi connectivity index (χ3n) is 2.92. The van der Waals surface area contributed by atoms with Crippen LogP contribution < -0.4 is 10.1 Å². The molecule has 0 radical (unpaired) electrons. The van der Waals surface area contributed by atoms with Crippen LogP contribution in [0.3, 0.4) is 0 Å². The molecule has 0 aliphatic rings. The molecular formula is C15H14F3N3O2S. The van der Waals surface area contributed by atoms with Gasteiger partial charge in [0.2, 0.25) is 5.91 Å². The predicted molar refractivity (Wildman–Crippen MR) is 82.6 cm³/mol. The number of methoxy groups -OCH3 is 1. The predicted octanol–water partition coefficient (Wildman–Crippen LogP) is 2.91. The van der Waals surface area contributed by atoms with Crippen molar-refractivity contribution in [1.29, 1.82) is 0 Å². The fraction of sp³-hybridized carbons (Fsp3) is 0.267. The molecule has 9 heteroatoms. The van der Waals surface area contributed by atoms with E-state index >= 15 is 0 Å². The normalized spacial score (nSPS) is 11.2. The van der Waals surface area contributed by atoms with E-state index in [1.54, 1.807) is 6.07 Å². The van der Waals surface area contributed by atoms with Crippen molar-refractivity contribution in [2.24, 2.45) is 0 Å². The molecular weight excluding hydrogens is 343 g/mol. The average molecular weight is 357 g/mol. The molecule has 128 valence electrons. The van der Waals surface area contributed by atoms with Crippen molar-refractivity contribution in [3.8, 4) is 5.75 Å². The van der Waals surface area contributed by atoms with Crippen molar-refractivity contribution in [2.75, 3.05) is 12.9 Å². The quantitative estimate of drug-likeness (QED) is 0.636. The number of hydrogen-bond donors (Lipinski definition) is 1. The largest absolute Gasteiger partial charge is 0.496 e. The van der Waals surface area contributed by atoms with E-state index in [1.165, 1.54) is 7.11 Å². The molecule has 0 atom stereocenters. The Bertz CT molecular complexity index is 710. The van der Waals surface area contributed by atoms with Gasteiger partial charge in [0.15, 0.2) is 5.16 Å². The smallest absolute Gasteiger partial charge is 0.433 e. The Kier molecular flexibility index (Phi) is 6.02. The lowest BCUT2D eigenvalue weighted by atomic mass is 10.2. The molecule has 0 saturated carbocycles. The van der Waals surface area contributed by atoms with E-state index in [2.05, 4.69) is 15.3 Å². The molecule has 5 nitrogen and oxygen atoms in total. The van der Waals surface area contributed by atoms with Gasteiger partial charge in [-0.25, -0.2) is 9.97 Å². The Morgan fingerprint density at radius 2 is 2.04 bits per heavy atom. The number of carbonyl (C=O) groups is 1. The zero-order valence-corrected chi connectivity index (χ0v) is 13.4. The molecule has 0 spiro atoms. The fourth-order valence-corrected chi connectivity index (χ4v) is 2.45. The molecule has 1 N–H and O–H groups in total. The lowest BCUT2D eigenvalue weighted by molar-refractivity contribution is -0.141. The van der Waals surface area contributed by atoms with Gasteiger partial charge in [0, 0.05) is 18.3 Å². The second kappa shape index (κ2) is 8.00. The SMILES string of the molecule is COc1ccccc1CNC(=O)CSc1nccc(C(F)(F)F)n1. The molecule has 1 aromatic carbocycles. The monoisotopic (exact) mass is 357 g/mol. The van der Waals surface area contributed by atoms with Crippen LogP contribution in [0.5, 0.6) is 5.75 Å². The number of thioether (sulfide) groups is 1. The van der Waals surface area contributed by atoms with Gasteiger partial charge < -0.3 is 10.1 Å². The number of halogens is 3. The highest BCUT2D eigenvalue weighted by Gasteiger charge is 2.32. The number of rotatable bonds is 6. The van der Waals surface area contributed by atoms with E-state index in [1.807, 2.05) is 18.2 Å². The van der Waals surface area contributed by atoms with Crippen molar-refractivity contribution in [3.05, 3.63) is 47.8 Å². The van der Waals surface area contributed by atoms with Gasteiger partial charge in [-0.2, -0.15) is 13.2 Å². The Balaban J connectivity index is 1.87. The first-order chi connectivity index (χ1) is 11.4. The van der Waals surface area contributed by atoms with Gasteiger partial charge in [0.25, 0.3) is 0 Å². The lowest BCUT2D eigenvalue weighted by Gasteiger charge is -2.09. The summed E-state index contributed by atoms with van der Waals surface area (Å²) in [5.74, 6) is 0.217. The van der Waals surface area contributed by atoms with E-state index in [4.69, 9.17) is 4.74 Å². The fourth-order valence-electron chi connectivity index (χ4n) is 1.79. The molecule has 0 bridgehead atoms. The van der Waals surface area contributed by atoms with Gasteiger partial charge in [-0.3, -0.25) is 4.79 Å². The zero-order valence-electron chi connectivity index (χ0n) is 12.6. The van der Waals surface area contributed by atoms with Gasteiger partial charge >= 0.3 is 6.18 Å². The second-order valence-corrected chi connectivity index (χ2v) is 5.54. The van der Waals surface area contributed by atoms with Crippen molar-refractivity contribution in [2.45, 2.75) is 17.9 Å². The van der Waals surface area contributed by atoms with Gasteiger partial charge in [-0.1, -0.05) is 30.0 Å². The van der Waals surface area contributed by atoms with Crippen molar-refractivity contribution < 1.29 is 22.7 Å². The third-order valence-corrected chi connectivity index (χ3v) is 3.79. The van der Waals surface area contributed by atoms with E-state index in [-0.39, 0.29) is 23.4 Å².